The Hall–Kier alpha value is -0.350. The molecule has 1 aromatic heterocycles. The van der Waals surface area contributed by atoms with Crippen LogP contribution >= 0.6 is 27.3 Å². The zero-order chi connectivity index (χ0) is 11.8. The van der Waals surface area contributed by atoms with Gasteiger partial charge in [0.25, 0.3) is 0 Å². The first kappa shape index (κ1) is 13.7. The summed E-state index contributed by atoms with van der Waals surface area (Å²) in [6.07, 6.45) is 3.61. The molecule has 0 saturated carbocycles. The van der Waals surface area contributed by atoms with Gasteiger partial charge in [-0.25, -0.2) is 0 Å². The molecule has 0 aliphatic rings. The van der Waals surface area contributed by atoms with Crippen LogP contribution in [-0.2, 0) is 11.2 Å². The lowest BCUT2D eigenvalue weighted by molar-refractivity contribution is -0.121. The van der Waals surface area contributed by atoms with Gasteiger partial charge in [0.15, 0.2) is 0 Å². The lowest BCUT2D eigenvalue weighted by Gasteiger charge is -2.08. The number of nitrogens with one attached hydrogen (secondary N) is 1. The lowest BCUT2D eigenvalue weighted by Crippen LogP contribution is -2.29. The number of hydrogen-bond donors (Lipinski definition) is 1. The average Bonchev–Trinajstić information content (AvgIpc) is 2.79. The van der Waals surface area contributed by atoms with Crippen LogP contribution in [0.15, 0.2) is 17.5 Å². The van der Waals surface area contributed by atoms with E-state index in [0.717, 1.165) is 25.8 Å². The van der Waals surface area contributed by atoms with Crippen LogP contribution in [0.3, 0.4) is 0 Å². The molecule has 90 valence electrons. The molecule has 0 fully saturated rings. The van der Waals surface area contributed by atoms with Gasteiger partial charge in [-0.3, -0.25) is 4.79 Å². The molecule has 0 aromatic carbocycles. The Bertz CT molecular complexity index is 300. The summed E-state index contributed by atoms with van der Waals surface area (Å²) in [5.74, 6) is 0.162. The molecule has 0 aliphatic carbocycles. The van der Waals surface area contributed by atoms with Crippen LogP contribution in [0.1, 0.15) is 31.1 Å². The number of rotatable bonds is 7. The zero-order valence-corrected chi connectivity index (χ0v) is 11.9. The Morgan fingerprint density at radius 1 is 1.62 bits per heavy atom. The number of carbonyl (C=O) groups excluding carboxylic acids is 1. The Balaban J connectivity index is 2.06. The fourth-order valence-electron chi connectivity index (χ4n) is 1.34. The Morgan fingerprint density at radius 3 is 3.06 bits per heavy atom. The van der Waals surface area contributed by atoms with Crippen LogP contribution in [0, 0.1) is 0 Å². The molecule has 1 heterocycles. The maximum Gasteiger partial charge on any atom is 0.220 e. The molecule has 2 nitrogen and oxygen atoms in total. The highest BCUT2D eigenvalue weighted by molar-refractivity contribution is 9.09. The van der Waals surface area contributed by atoms with Crippen molar-refractivity contribution >= 4 is 33.2 Å². The van der Waals surface area contributed by atoms with Crippen LogP contribution in [-0.4, -0.2) is 17.3 Å². The van der Waals surface area contributed by atoms with Gasteiger partial charge in [0.05, 0.1) is 0 Å². The number of carbonyl (C=O) groups is 1. The lowest BCUT2D eigenvalue weighted by atomic mass is 10.2. The molecule has 0 radical (unpaired) electrons. The van der Waals surface area contributed by atoms with E-state index >= 15 is 0 Å². The number of alkyl halides is 1. The number of thiophene rings is 1. The van der Waals surface area contributed by atoms with E-state index in [1.165, 1.54) is 4.88 Å². The van der Waals surface area contributed by atoms with Gasteiger partial charge in [-0.05, 0) is 30.7 Å². The van der Waals surface area contributed by atoms with Crippen molar-refractivity contribution in [3.8, 4) is 0 Å². The van der Waals surface area contributed by atoms with E-state index < -0.39 is 0 Å². The summed E-state index contributed by atoms with van der Waals surface area (Å²) in [6.45, 7) is 2.83. The highest BCUT2D eigenvalue weighted by Gasteiger charge is 2.05. The second-order valence-corrected chi connectivity index (χ2v) is 6.07. The van der Waals surface area contributed by atoms with Crippen molar-refractivity contribution in [3.63, 3.8) is 0 Å². The Kier molecular flexibility index (Phi) is 6.73. The van der Waals surface area contributed by atoms with Crippen molar-refractivity contribution < 1.29 is 4.79 Å². The molecule has 16 heavy (non-hydrogen) atoms. The van der Waals surface area contributed by atoms with Crippen LogP contribution in [0.4, 0.5) is 0 Å². The monoisotopic (exact) mass is 303 g/mol. The van der Waals surface area contributed by atoms with Crippen LogP contribution in [0.25, 0.3) is 0 Å². The molecule has 1 rings (SSSR count). The van der Waals surface area contributed by atoms with E-state index in [2.05, 4.69) is 45.7 Å². The zero-order valence-electron chi connectivity index (χ0n) is 9.54. The molecule has 1 atom stereocenters. The maximum atomic E-state index is 11.5. The molecule has 1 N–H and O–H groups in total. The van der Waals surface area contributed by atoms with E-state index in [1.54, 1.807) is 11.3 Å². The number of halogens is 1. The molecule has 1 amide bonds. The largest absolute Gasteiger partial charge is 0.355 e. The highest BCUT2D eigenvalue weighted by Crippen LogP contribution is 2.11. The third kappa shape index (κ3) is 5.66. The van der Waals surface area contributed by atoms with Gasteiger partial charge in [0.2, 0.25) is 5.91 Å². The van der Waals surface area contributed by atoms with E-state index in [-0.39, 0.29) is 5.91 Å². The topological polar surface area (TPSA) is 29.1 Å². The molecule has 4 heteroatoms. The molecular weight excluding hydrogens is 286 g/mol. The van der Waals surface area contributed by atoms with Gasteiger partial charge in [0.1, 0.15) is 0 Å². The fraction of sp³-hybridized carbons (Fsp3) is 0.583. The standard InChI is InChI=1S/C12H18BrNOS/c1-2-10(13)9-14-12(15)7-3-5-11-6-4-8-16-11/h4,6,8,10H,2-3,5,7,9H2,1H3,(H,14,15). The predicted molar refractivity (Wildman–Crippen MR) is 73.3 cm³/mol. The number of aryl methyl sites for hydroxylation is 1. The first-order valence-corrected chi connectivity index (χ1v) is 7.45. The number of amides is 1. The fourth-order valence-corrected chi connectivity index (χ4v) is 2.25. The van der Waals surface area contributed by atoms with Crippen molar-refractivity contribution in [2.75, 3.05) is 6.54 Å². The average molecular weight is 304 g/mol. The summed E-state index contributed by atoms with van der Waals surface area (Å²) in [7, 11) is 0. The summed E-state index contributed by atoms with van der Waals surface area (Å²) in [5.41, 5.74) is 0. The molecule has 1 aromatic rings. The normalized spacial score (nSPS) is 12.4. The summed E-state index contributed by atoms with van der Waals surface area (Å²) < 4.78 is 0. The van der Waals surface area contributed by atoms with Crippen molar-refractivity contribution in [1.82, 2.24) is 5.32 Å². The van der Waals surface area contributed by atoms with Crippen LogP contribution in [0.2, 0.25) is 0 Å². The minimum Gasteiger partial charge on any atom is -0.355 e. The summed E-state index contributed by atoms with van der Waals surface area (Å²) in [6, 6.07) is 4.17. The van der Waals surface area contributed by atoms with Crippen LogP contribution < -0.4 is 5.32 Å². The first-order chi connectivity index (χ1) is 7.72. The van der Waals surface area contributed by atoms with E-state index in [9.17, 15) is 4.79 Å². The minimum absolute atomic E-state index is 0.162. The van der Waals surface area contributed by atoms with E-state index in [4.69, 9.17) is 0 Å². The highest BCUT2D eigenvalue weighted by atomic mass is 79.9. The first-order valence-electron chi connectivity index (χ1n) is 5.65. The van der Waals surface area contributed by atoms with E-state index in [0.29, 0.717) is 11.2 Å². The molecular formula is C12H18BrNOS. The SMILES string of the molecule is CCC(Br)CNC(=O)CCCc1cccs1. The third-order valence-electron chi connectivity index (χ3n) is 2.37. The van der Waals surface area contributed by atoms with E-state index in [1.807, 2.05) is 0 Å². The van der Waals surface area contributed by atoms with Gasteiger partial charge in [-0.1, -0.05) is 28.9 Å². The molecule has 0 aliphatic heterocycles. The summed E-state index contributed by atoms with van der Waals surface area (Å²) >= 11 is 5.25. The second kappa shape index (κ2) is 7.85. The predicted octanol–water partition coefficient (Wildman–Crippen LogP) is 3.36. The molecule has 0 saturated heterocycles. The third-order valence-corrected chi connectivity index (χ3v) is 4.28. The van der Waals surface area contributed by atoms with Gasteiger partial charge in [0, 0.05) is 22.7 Å². The van der Waals surface area contributed by atoms with Crippen LogP contribution in [0.5, 0.6) is 0 Å². The Labute approximate surface area is 110 Å². The minimum atomic E-state index is 0.162. The smallest absolute Gasteiger partial charge is 0.220 e. The van der Waals surface area contributed by atoms with Gasteiger partial charge >= 0.3 is 0 Å². The van der Waals surface area contributed by atoms with Crippen molar-refractivity contribution in [3.05, 3.63) is 22.4 Å². The van der Waals surface area contributed by atoms with Crippen molar-refractivity contribution in [2.45, 2.75) is 37.4 Å². The van der Waals surface area contributed by atoms with Gasteiger partial charge < -0.3 is 5.32 Å². The number of hydrogen-bond acceptors (Lipinski definition) is 2. The van der Waals surface area contributed by atoms with Crippen molar-refractivity contribution in [2.24, 2.45) is 0 Å². The molecule has 0 bridgehead atoms. The quantitative estimate of drug-likeness (QED) is 0.769. The molecule has 1 unspecified atom stereocenters. The van der Waals surface area contributed by atoms with Gasteiger partial charge in [-0.15, -0.1) is 11.3 Å². The molecule has 0 spiro atoms. The van der Waals surface area contributed by atoms with Crippen molar-refractivity contribution in [1.29, 1.82) is 0 Å². The summed E-state index contributed by atoms with van der Waals surface area (Å²) in [4.78, 5) is 13.2. The Morgan fingerprint density at radius 2 is 2.44 bits per heavy atom. The summed E-state index contributed by atoms with van der Waals surface area (Å²) in [5, 5.41) is 5.01. The second-order valence-electron chi connectivity index (χ2n) is 3.74. The van der Waals surface area contributed by atoms with Gasteiger partial charge in [-0.2, -0.15) is 0 Å². The maximum absolute atomic E-state index is 11.5.